The van der Waals surface area contributed by atoms with E-state index in [1.807, 2.05) is 25.1 Å². The number of rotatable bonds is 3. The minimum Gasteiger partial charge on any atom is -0.310 e. The van der Waals surface area contributed by atoms with Gasteiger partial charge in [-0.15, -0.1) is 0 Å². The standard InChI is InChI=1S/C20H21F3N2O/c1-14-5-3-6-16(11-14)13-24-9-10-25(19(26)15(24)2)18-8-4-7-17(12-18)20(21,22)23/h3-8,11-12,15H,9-10,13H2,1-2H3/t15-/m1/s1. The third-order valence-electron chi connectivity index (χ3n) is 4.74. The van der Waals surface area contributed by atoms with Crippen molar-refractivity contribution in [3.05, 3.63) is 65.2 Å². The second-order valence-electron chi connectivity index (χ2n) is 6.67. The van der Waals surface area contributed by atoms with Crippen LogP contribution in [0.1, 0.15) is 23.6 Å². The van der Waals surface area contributed by atoms with E-state index in [1.54, 1.807) is 13.0 Å². The molecule has 0 spiro atoms. The number of hydrogen-bond donors (Lipinski definition) is 0. The van der Waals surface area contributed by atoms with Crippen molar-refractivity contribution in [1.29, 1.82) is 0 Å². The second kappa shape index (κ2) is 7.11. The molecule has 0 aromatic heterocycles. The third-order valence-corrected chi connectivity index (χ3v) is 4.74. The lowest BCUT2D eigenvalue weighted by molar-refractivity contribution is -0.137. The van der Waals surface area contributed by atoms with Crippen LogP contribution < -0.4 is 4.90 Å². The van der Waals surface area contributed by atoms with E-state index in [0.717, 1.165) is 23.3 Å². The first kappa shape index (κ1) is 18.5. The number of amides is 1. The van der Waals surface area contributed by atoms with E-state index in [1.165, 1.54) is 11.0 Å². The van der Waals surface area contributed by atoms with E-state index < -0.39 is 11.7 Å². The largest absolute Gasteiger partial charge is 0.416 e. The average Bonchev–Trinajstić information content (AvgIpc) is 2.59. The molecular weight excluding hydrogens is 341 g/mol. The number of carbonyl (C=O) groups is 1. The number of aryl methyl sites for hydroxylation is 1. The highest BCUT2D eigenvalue weighted by atomic mass is 19.4. The van der Waals surface area contributed by atoms with E-state index in [9.17, 15) is 18.0 Å². The number of benzene rings is 2. The zero-order chi connectivity index (χ0) is 18.9. The van der Waals surface area contributed by atoms with Gasteiger partial charge in [-0.3, -0.25) is 9.69 Å². The highest BCUT2D eigenvalue weighted by molar-refractivity contribution is 5.97. The first-order chi connectivity index (χ1) is 12.3. The van der Waals surface area contributed by atoms with Gasteiger partial charge < -0.3 is 4.90 Å². The zero-order valence-electron chi connectivity index (χ0n) is 14.8. The number of anilines is 1. The molecule has 6 heteroatoms. The smallest absolute Gasteiger partial charge is 0.310 e. The summed E-state index contributed by atoms with van der Waals surface area (Å²) in [5.74, 6) is -0.178. The van der Waals surface area contributed by atoms with Gasteiger partial charge in [-0.2, -0.15) is 13.2 Å². The number of piperazine rings is 1. The lowest BCUT2D eigenvalue weighted by Gasteiger charge is -2.39. The fraction of sp³-hybridized carbons (Fsp3) is 0.350. The van der Waals surface area contributed by atoms with Crippen LogP contribution in [0.3, 0.4) is 0 Å². The van der Waals surface area contributed by atoms with Crippen LogP contribution in [-0.2, 0) is 17.5 Å². The molecule has 1 aliphatic heterocycles. The van der Waals surface area contributed by atoms with Gasteiger partial charge in [0.15, 0.2) is 0 Å². The summed E-state index contributed by atoms with van der Waals surface area (Å²) in [6.07, 6.45) is -4.42. The summed E-state index contributed by atoms with van der Waals surface area (Å²) in [4.78, 5) is 16.3. The molecule has 1 aliphatic rings. The Morgan fingerprint density at radius 2 is 1.81 bits per heavy atom. The molecule has 0 saturated carbocycles. The lowest BCUT2D eigenvalue weighted by atomic mass is 10.1. The fourth-order valence-corrected chi connectivity index (χ4v) is 3.28. The van der Waals surface area contributed by atoms with E-state index in [-0.39, 0.29) is 11.9 Å². The predicted octanol–water partition coefficient (Wildman–Crippen LogP) is 4.25. The molecule has 0 bridgehead atoms. The van der Waals surface area contributed by atoms with Crippen molar-refractivity contribution in [3.63, 3.8) is 0 Å². The van der Waals surface area contributed by atoms with Crippen LogP contribution in [-0.4, -0.2) is 29.9 Å². The number of nitrogens with zero attached hydrogens (tertiary/aromatic N) is 2. The Kier molecular flexibility index (Phi) is 5.05. The highest BCUT2D eigenvalue weighted by Crippen LogP contribution is 2.32. The van der Waals surface area contributed by atoms with Crippen LogP contribution >= 0.6 is 0 Å². The van der Waals surface area contributed by atoms with Crippen LogP contribution in [0.15, 0.2) is 48.5 Å². The minimum absolute atomic E-state index is 0.178. The Morgan fingerprint density at radius 1 is 1.08 bits per heavy atom. The Balaban J connectivity index is 1.76. The molecule has 2 aromatic carbocycles. The third kappa shape index (κ3) is 3.90. The first-order valence-corrected chi connectivity index (χ1v) is 8.54. The van der Waals surface area contributed by atoms with Crippen molar-refractivity contribution in [2.24, 2.45) is 0 Å². The van der Waals surface area contributed by atoms with Crippen molar-refractivity contribution in [1.82, 2.24) is 4.90 Å². The Hall–Kier alpha value is -2.34. The molecule has 1 fully saturated rings. The fourth-order valence-electron chi connectivity index (χ4n) is 3.28. The van der Waals surface area contributed by atoms with Crippen LogP contribution in [0.4, 0.5) is 18.9 Å². The predicted molar refractivity (Wildman–Crippen MR) is 94.8 cm³/mol. The van der Waals surface area contributed by atoms with Gasteiger partial charge in [-0.05, 0) is 37.6 Å². The van der Waals surface area contributed by atoms with Crippen molar-refractivity contribution in [2.75, 3.05) is 18.0 Å². The molecule has 1 heterocycles. The van der Waals surface area contributed by atoms with Crippen molar-refractivity contribution in [2.45, 2.75) is 32.6 Å². The molecular formula is C20H21F3N2O. The van der Waals surface area contributed by atoms with Gasteiger partial charge in [0, 0.05) is 25.3 Å². The van der Waals surface area contributed by atoms with Gasteiger partial charge in [-0.25, -0.2) is 0 Å². The molecule has 1 amide bonds. The minimum atomic E-state index is -4.42. The van der Waals surface area contributed by atoms with E-state index in [4.69, 9.17) is 0 Å². The number of alkyl halides is 3. The van der Waals surface area contributed by atoms with Crippen molar-refractivity contribution in [3.8, 4) is 0 Å². The molecule has 0 radical (unpaired) electrons. The molecule has 1 atom stereocenters. The summed E-state index contributed by atoms with van der Waals surface area (Å²) in [5.41, 5.74) is 1.84. The van der Waals surface area contributed by atoms with Crippen LogP contribution in [0, 0.1) is 6.92 Å². The van der Waals surface area contributed by atoms with Crippen LogP contribution in [0.25, 0.3) is 0 Å². The maximum Gasteiger partial charge on any atom is 0.416 e. The molecule has 0 unspecified atom stereocenters. The Morgan fingerprint density at radius 3 is 2.50 bits per heavy atom. The normalized spacial score (nSPS) is 19.0. The summed E-state index contributed by atoms with van der Waals surface area (Å²) in [6, 6.07) is 12.7. The lowest BCUT2D eigenvalue weighted by Crippen LogP contribution is -2.55. The maximum atomic E-state index is 12.9. The SMILES string of the molecule is Cc1cccc(CN2CCN(c3cccc(C(F)(F)F)c3)C(=O)[C@H]2C)c1. The summed E-state index contributed by atoms with van der Waals surface area (Å²) < 4.78 is 38.8. The molecule has 26 heavy (non-hydrogen) atoms. The molecule has 0 aliphatic carbocycles. The molecule has 0 N–H and O–H groups in total. The van der Waals surface area contributed by atoms with Gasteiger partial charge in [0.1, 0.15) is 0 Å². The van der Waals surface area contributed by atoms with Crippen molar-refractivity contribution >= 4 is 11.6 Å². The first-order valence-electron chi connectivity index (χ1n) is 8.54. The Bertz CT molecular complexity index is 804. The molecule has 138 valence electrons. The van der Waals surface area contributed by atoms with Crippen LogP contribution in [0.5, 0.6) is 0 Å². The van der Waals surface area contributed by atoms with Gasteiger partial charge in [0.25, 0.3) is 0 Å². The van der Waals surface area contributed by atoms with Gasteiger partial charge in [0.05, 0.1) is 11.6 Å². The topological polar surface area (TPSA) is 23.6 Å². The summed E-state index contributed by atoms with van der Waals surface area (Å²) in [6.45, 7) is 5.44. The van der Waals surface area contributed by atoms with Crippen molar-refractivity contribution < 1.29 is 18.0 Å². The maximum absolute atomic E-state index is 12.9. The quantitative estimate of drug-likeness (QED) is 0.815. The molecule has 3 rings (SSSR count). The van der Waals surface area contributed by atoms with E-state index in [0.29, 0.717) is 25.3 Å². The zero-order valence-corrected chi connectivity index (χ0v) is 14.8. The molecule has 2 aromatic rings. The van der Waals surface area contributed by atoms with Gasteiger partial charge >= 0.3 is 6.18 Å². The number of carbonyl (C=O) groups excluding carboxylic acids is 1. The molecule has 3 nitrogen and oxygen atoms in total. The summed E-state index contributed by atoms with van der Waals surface area (Å²) >= 11 is 0. The second-order valence-corrected chi connectivity index (χ2v) is 6.67. The van der Waals surface area contributed by atoms with Crippen LogP contribution in [0.2, 0.25) is 0 Å². The highest BCUT2D eigenvalue weighted by Gasteiger charge is 2.34. The van der Waals surface area contributed by atoms with Gasteiger partial charge in [0.2, 0.25) is 5.91 Å². The number of halogens is 3. The summed E-state index contributed by atoms with van der Waals surface area (Å²) in [5, 5.41) is 0. The number of hydrogen-bond acceptors (Lipinski definition) is 2. The molecule has 1 saturated heterocycles. The summed E-state index contributed by atoms with van der Waals surface area (Å²) in [7, 11) is 0. The van der Waals surface area contributed by atoms with Gasteiger partial charge in [-0.1, -0.05) is 35.9 Å². The van der Waals surface area contributed by atoms with E-state index in [2.05, 4.69) is 11.0 Å². The monoisotopic (exact) mass is 362 g/mol. The average molecular weight is 362 g/mol. The Labute approximate surface area is 151 Å². The van der Waals surface area contributed by atoms with E-state index >= 15 is 0 Å².